The van der Waals surface area contributed by atoms with E-state index in [-0.39, 0.29) is 12.8 Å². The smallest absolute Gasteiger partial charge is 0.335 e. The molecule has 11 nitrogen and oxygen atoms in total. The first-order chi connectivity index (χ1) is 12.1. The van der Waals surface area contributed by atoms with Crippen molar-refractivity contribution >= 4 is 11.9 Å². The van der Waals surface area contributed by atoms with E-state index in [1.54, 1.807) is 0 Å². The van der Waals surface area contributed by atoms with Gasteiger partial charge in [-0.1, -0.05) is 0 Å². The summed E-state index contributed by atoms with van der Waals surface area (Å²) < 4.78 is 9.59. The molecule has 144 valence electrons. The molecule has 1 aromatic rings. The Morgan fingerprint density at radius 1 is 1.00 bits per heavy atom. The number of aliphatic hydroxyl groups excluding tert-OH is 3. The van der Waals surface area contributed by atoms with Crippen molar-refractivity contribution in [3.63, 3.8) is 0 Å². The summed E-state index contributed by atoms with van der Waals surface area (Å²) in [4.78, 5) is 22.8. The molecule has 5 atom stereocenters. The molecular formula is C15H18O11. The number of phenols is 3. The zero-order valence-corrected chi connectivity index (χ0v) is 13.2. The van der Waals surface area contributed by atoms with Crippen molar-refractivity contribution < 1.29 is 54.8 Å². The van der Waals surface area contributed by atoms with Gasteiger partial charge in [-0.25, -0.2) is 4.79 Å². The number of benzene rings is 1. The Labute approximate surface area is 146 Å². The highest BCUT2D eigenvalue weighted by Crippen LogP contribution is 2.35. The Balaban J connectivity index is 1.97. The van der Waals surface area contributed by atoms with Gasteiger partial charge in [0, 0.05) is 6.42 Å². The number of aryl methyl sites for hydroxylation is 1. The van der Waals surface area contributed by atoms with Gasteiger partial charge in [0.25, 0.3) is 0 Å². The maximum Gasteiger partial charge on any atom is 0.335 e. The summed E-state index contributed by atoms with van der Waals surface area (Å²) in [5.41, 5.74) is 0.290. The zero-order chi connectivity index (χ0) is 19.6. The first-order valence-corrected chi connectivity index (χ1v) is 7.47. The number of carbonyl (C=O) groups is 2. The standard InChI is InChI=1S/C15H18O11/c16-6-3-5(4-7(17)9(6)19)1-2-8(18)25-15-12(22)10(20)11(21)13(26-15)14(23)24/h3-4,10-13,15-17,19-22H,1-2H2,(H,23,24). The maximum absolute atomic E-state index is 11.9. The van der Waals surface area contributed by atoms with Crippen LogP contribution in [0.15, 0.2) is 12.1 Å². The molecule has 7 N–H and O–H groups in total. The lowest BCUT2D eigenvalue weighted by Gasteiger charge is -2.37. The monoisotopic (exact) mass is 374 g/mol. The Morgan fingerprint density at radius 2 is 1.58 bits per heavy atom. The molecule has 5 unspecified atom stereocenters. The Hall–Kier alpha value is -2.60. The van der Waals surface area contributed by atoms with Gasteiger partial charge in [0.05, 0.1) is 0 Å². The second-order valence-corrected chi connectivity index (χ2v) is 5.71. The van der Waals surface area contributed by atoms with Gasteiger partial charge in [-0.05, 0) is 24.1 Å². The van der Waals surface area contributed by atoms with E-state index in [4.69, 9.17) is 14.6 Å². The van der Waals surface area contributed by atoms with Crippen LogP contribution in [0.3, 0.4) is 0 Å². The lowest BCUT2D eigenvalue weighted by molar-refractivity contribution is -0.286. The molecule has 0 aliphatic carbocycles. The summed E-state index contributed by atoms with van der Waals surface area (Å²) in [7, 11) is 0. The molecule has 1 saturated heterocycles. The third-order valence-electron chi connectivity index (χ3n) is 3.81. The van der Waals surface area contributed by atoms with E-state index >= 15 is 0 Å². The number of hydrogen-bond acceptors (Lipinski definition) is 10. The lowest BCUT2D eigenvalue weighted by Crippen LogP contribution is -2.60. The average molecular weight is 374 g/mol. The van der Waals surface area contributed by atoms with Crippen LogP contribution < -0.4 is 0 Å². The topological polar surface area (TPSA) is 194 Å². The van der Waals surface area contributed by atoms with Gasteiger partial charge in [0.2, 0.25) is 6.29 Å². The summed E-state index contributed by atoms with van der Waals surface area (Å²) >= 11 is 0. The normalized spacial score (nSPS) is 28.5. The number of aromatic hydroxyl groups is 3. The highest BCUT2D eigenvalue weighted by molar-refractivity contribution is 5.73. The van der Waals surface area contributed by atoms with Crippen LogP contribution >= 0.6 is 0 Å². The lowest BCUT2D eigenvalue weighted by atomic mass is 9.99. The Bertz CT molecular complexity index is 665. The highest BCUT2D eigenvalue weighted by atomic mass is 16.7. The molecule has 1 aliphatic rings. The molecule has 26 heavy (non-hydrogen) atoms. The van der Waals surface area contributed by atoms with Gasteiger partial charge >= 0.3 is 11.9 Å². The van der Waals surface area contributed by atoms with Gasteiger partial charge in [0.15, 0.2) is 23.4 Å². The molecule has 2 rings (SSSR count). The van der Waals surface area contributed by atoms with E-state index in [2.05, 4.69) is 0 Å². The molecule has 1 aromatic carbocycles. The summed E-state index contributed by atoms with van der Waals surface area (Å²) in [6.07, 6.45) is -9.69. The highest BCUT2D eigenvalue weighted by Gasteiger charge is 2.48. The van der Waals surface area contributed by atoms with Crippen LogP contribution in [0.25, 0.3) is 0 Å². The Kier molecular flexibility index (Phi) is 5.87. The largest absolute Gasteiger partial charge is 0.504 e. The van der Waals surface area contributed by atoms with Gasteiger partial charge < -0.3 is 45.2 Å². The van der Waals surface area contributed by atoms with Crippen LogP contribution in [0.2, 0.25) is 0 Å². The van der Waals surface area contributed by atoms with E-state index in [0.29, 0.717) is 5.56 Å². The minimum Gasteiger partial charge on any atom is -0.504 e. The Morgan fingerprint density at radius 3 is 2.12 bits per heavy atom. The van der Waals surface area contributed by atoms with Crippen molar-refractivity contribution in [2.24, 2.45) is 0 Å². The molecule has 1 fully saturated rings. The summed E-state index contributed by atoms with van der Waals surface area (Å²) in [6.45, 7) is 0. The van der Waals surface area contributed by atoms with E-state index in [1.807, 2.05) is 0 Å². The van der Waals surface area contributed by atoms with Crippen molar-refractivity contribution in [1.82, 2.24) is 0 Å². The number of carboxylic acid groups (broad SMARTS) is 1. The molecular weight excluding hydrogens is 356 g/mol. The third kappa shape index (κ3) is 4.14. The zero-order valence-electron chi connectivity index (χ0n) is 13.2. The van der Waals surface area contributed by atoms with Crippen molar-refractivity contribution in [1.29, 1.82) is 0 Å². The van der Waals surface area contributed by atoms with E-state index in [0.717, 1.165) is 12.1 Å². The number of carbonyl (C=O) groups excluding carboxylic acids is 1. The second-order valence-electron chi connectivity index (χ2n) is 5.71. The average Bonchev–Trinajstić information content (AvgIpc) is 2.57. The fraction of sp³-hybridized carbons (Fsp3) is 0.467. The van der Waals surface area contributed by atoms with Gasteiger partial charge in [0.1, 0.15) is 18.3 Å². The van der Waals surface area contributed by atoms with E-state index < -0.39 is 59.9 Å². The molecule has 0 bridgehead atoms. The van der Waals surface area contributed by atoms with Crippen molar-refractivity contribution in [3.05, 3.63) is 17.7 Å². The predicted octanol–water partition coefficient (Wildman–Crippen LogP) is -1.83. The number of phenolic OH excluding ortho intramolecular Hbond substituents is 3. The van der Waals surface area contributed by atoms with Gasteiger partial charge in [-0.2, -0.15) is 0 Å². The van der Waals surface area contributed by atoms with Crippen LogP contribution in [0.5, 0.6) is 17.2 Å². The number of hydrogen-bond donors (Lipinski definition) is 7. The number of rotatable bonds is 5. The van der Waals surface area contributed by atoms with Crippen molar-refractivity contribution in [2.75, 3.05) is 0 Å². The molecule has 1 heterocycles. The summed E-state index contributed by atoms with van der Waals surface area (Å²) in [5, 5.41) is 65.8. The van der Waals surface area contributed by atoms with Crippen LogP contribution in [0.4, 0.5) is 0 Å². The molecule has 1 aliphatic heterocycles. The molecule has 0 radical (unpaired) electrons. The van der Waals surface area contributed by atoms with E-state index in [1.165, 1.54) is 0 Å². The fourth-order valence-corrected chi connectivity index (χ4v) is 2.39. The SMILES string of the molecule is O=C(CCc1cc(O)c(O)c(O)c1)OC1OC(C(=O)O)C(O)C(O)C1O. The molecule has 11 heteroatoms. The van der Waals surface area contributed by atoms with Gasteiger partial charge in [-0.3, -0.25) is 4.79 Å². The molecule has 0 saturated carbocycles. The minimum absolute atomic E-state index is 0.0312. The first-order valence-electron chi connectivity index (χ1n) is 7.47. The number of aliphatic carboxylic acids is 1. The second kappa shape index (κ2) is 7.74. The number of carboxylic acids is 1. The van der Waals surface area contributed by atoms with Crippen molar-refractivity contribution in [2.45, 2.75) is 43.5 Å². The number of ether oxygens (including phenoxy) is 2. The summed E-state index contributed by atoms with van der Waals surface area (Å²) in [5.74, 6) is -4.42. The van der Waals surface area contributed by atoms with Crippen LogP contribution in [0, 0.1) is 0 Å². The van der Waals surface area contributed by atoms with Crippen LogP contribution in [-0.2, 0) is 25.5 Å². The molecule has 0 aromatic heterocycles. The van der Waals surface area contributed by atoms with Crippen LogP contribution in [-0.4, -0.2) is 78.4 Å². The summed E-state index contributed by atoms with van der Waals surface area (Å²) in [6, 6.07) is 2.24. The number of aliphatic hydroxyl groups is 3. The predicted molar refractivity (Wildman–Crippen MR) is 80.2 cm³/mol. The molecule has 0 amide bonds. The fourth-order valence-electron chi connectivity index (χ4n) is 2.39. The van der Waals surface area contributed by atoms with Gasteiger partial charge in [-0.15, -0.1) is 0 Å². The minimum atomic E-state index is -1.90. The first kappa shape index (κ1) is 19.7. The van der Waals surface area contributed by atoms with E-state index in [9.17, 15) is 40.2 Å². The maximum atomic E-state index is 11.9. The third-order valence-corrected chi connectivity index (χ3v) is 3.81. The number of esters is 1. The molecule has 0 spiro atoms. The quantitative estimate of drug-likeness (QED) is 0.226. The van der Waals surface area contributed by atoms with Crippen molar-refractivity contribution in [3.8, 4) is 17.2 Å². The van der Waals surface area contributed by atoms with Crippen LogP contribution in [0.1, 0.15) is 12.0 Å².